The van der Waals surface area contributed by atoms with Crippen LogP contribution in [0.4, 0.5) is 39.5 Å². The van der Waals surface area contributed by atoms with Crippen LogP contribution in [-0.2, 0) is 17.0 Å². The van der Waals surface area contributed by atoms with E-state index in [0.29, 0.717) is 24.3 Å². The Morgan fingerprint density at radius 1 is 0.618 bits per heavy atom. The highest BCUT2D eigenvalue weighted by Gasteiger charge is 2.88. The van der Waals surface area contributed by atoms with Crippen molar-refractivity contribution >= 4 is 11.6 Å². The minimum absolute atomic E-state index is 0.0712. The van der Waals surface area contributed by atoms with Gasteiger partial charge in [-0.25, -0.2) is 30.7 Å². The molecule has 0 spiro atoms. The highest BCUT2D eigenvalue weighted by molar-refractivity contribution is 6.24. The average Bonchev–Trinajstić information content (AvgIpc) is 2.78. The maximum Gasteiger partial charge on any atom is 0.336 e. The zero-order valence-corrected chi connectivity index (χ0v) is 17.7. The minimum Gasteiger partial charge on any atom is -0.234 e. The summed E-state index contributed by atoms with van der Waals surface area (Å²) in [5.41, 5.74) is -17.7. The highest BCUT2D eigenvalue weighted by atomic mass is 35.5. The molecule has 4 unspecified atom stereocenters. The van der Waals surface area contributed by atoms with Gasteiger partial charge in [-0.15, -0.1) is 0 Å². The van der Waals surface area contributed by atoms with Crippen LogP contribution in [0.5, 0.6) is 0 Å². The van der Waals surface area contributed by atoms with Crippen molar-refractivity contribution in [3.63, 3.8) is 0 Å². The fraction of sp³-hybridized carbons (Fsp3) is 0.250. The van der Waals surface area contributed by atoms with Gasteiger partial charge >= 0.3 is 5.92 Å². The summed E-state index contributed by atoms with van der Waals surface area (Å²) in [6.07, 6.45) is -2.22. The molecule has 0 nitrogen and oxygen atoms in total. The SMILES string of the molecule is Fc1ccc(C2(F)CC(F)(c3ccccc3)C(F)(F)C(F)(Cl)C2(F)c2ccccc2F)c(F)c1. The molecule has 0 saturated heterocycles. The maximum atomic E-state index is 16.8. The van der Waals surface area contributed by atoms with Crippen LogP contribution in [-0.4, -0.2) is 11.1 Å². The van der Waals surface area contributed by atoms with Gasteiger partial charge in [0.2, 0.25) is 11.3 Å². The summed E-state index contributed by atoms with van der Waals surface area (Å²) < 4.78 is 139. The second-order valence-electron chi connectivity index (χ2n) is 8.06. The molecule has 0 bridgehead atoms. The molecule has 3 aromatic carbocycles. The molecule has 4 rings (SSSR count). The van der Waals surface area contributed by atoms with Crippen molar-refractivity contribution in [2.45, 2.75) is 34.5 Å². The van der Waals surface area contributed by atoms with E-state index in [2.05, 4.69) is 0 Å². The lowest BCUT2D eigenvalue weighted by molar-refractivity contribution is -0.315. The van der Waals surface area contributed by atoms with Crippen molar-refractivity contribution in [3.05, 3.63) is 107 Å². The van der Waals surface area contributed by atoms with Gasteiger partial charge in [-0.05, 0) is 23.8 Å². The molecule has 0 aromatic heterocycles. The zero-order chi connectivity index (χ0) is 25.2. The fourth-order valence-electron chi connectivity index (χ4n) is 4.48. The number of halogens is 10. The van der Waals surface area contributed by atoms with Crippen LogP contribution < -0.4 is 0 Å². The first-order chi connectivity index (χ1) is 15.7. The van der Waals surface area contributed by atoms with E-state index in [9.17, 15) is 13.2 Å². The normalized spacial score (nSPS) is 33.0. The molecular formula is C24H14ClF9. The quantitative estimate of drug-likeness (QED) is 0.249. The summed E-state index contributed by atoms with van der Waals surface area (Å²) in [5, 5.41) is -5.29. The summed E-state index contributed by atoms with van der Waals surface area (Å²) in [5.74, 6) is -10.3. The van der Waals surface area contributed by atoms with Gasteiger partial charge in [0.15, 0.2) is 5.67 Å². The molecule has 0 N–H and O–H groups in total. The van der Waals surface area contributed by atoms with E-state index < -0.39 is 68.6 Å². The van der Waals surface area contributed by atoms with Crippen LogP contribution in [0.2, 0.25) is 0 Å². The summed E-state index contributed by atoms with van der Waals surface area (Å²) in [4.78, 5) is 0. The van der Waals surface area contributed by atoms with Crippen LogP contribution in [0.1, 0.15) is 23.1 Å². The molecule has 0 amide bonds. The van der Waals surface area contributed by atoms with Crippen molar-refractivity contribution in [2.75, 3.05) is 0 Å². The first-order valence-electron chi connectivity index (χ1n) is 9.82. The van der Waals surface area contributed by atoms with Crippen molar-refractivity contribution in [2.24, 2.45) is 0 Å². The predicted octanol–water partition coefficient (Wildman–Crippen LogP) is 7.94. The van der Waals surface area contributed by atoms with Gasteiger partial charge < -0.3 is 0 Å². The number of benzene rings is 3. The third-order valence-electron chi connectivity index (χ3n) is 6.19. The third kappa shape index (κ3) is 2.95. The lowest BCUT2D eigenvalue weighted by atomic mass is 9.59. The highest BCUT2D eigenvalue weighted by Crippen LogP contribution is 2.72. The third-order valence-corrected chi connectivity index (χ3v) is 6.69. The lowest BCUT2D eigenvalue weighted by Gasteiger charge is -2.56. The van der Waals surface area contributed by atoms with Gasteiger partial charge in [0, 0.05) is 23.6 Å². The van der Waals surface area contributed by atoms with Crippen LogP contribution in [0.15, 0.2) is 72.8 Å². The van der Waals surface area contributed by atoms with E-state index in [1.807, 2.05) is 0 Å². The molecule has 34 heavy (non-hydrogen) atoms. The second kappa shape index (κ2) is 7.66. The van der Waals surface area contributed by atoms with Crippen molar-refractivity contribution < 1.29 is 39.5 Å². The number of hydrogen-bond donors (Lipinski definition) is 0. The largest absolute Gasteiger partial charge is 0.336 e. The number of alkyl halides is 7. The summed E-state index contributed by atoms with van der Waals surface area (Å²) in [6.45, 7) is 0. The Kier molecular flexibility index (Phi) is 5.51. The maximum absolute atomic E-state index is 16.8. The van der Waals surface area contributed by atoms with E-state index in [1.165, 1.54) is 6.07 Å². The second-order valence-corrected chi connectivity index (χ2v) is 8.58. The van der Waals surface area contributed by atoms with Gasteiger partial charge in [0.1, 0.15) is 17.5 Å². The van der Waals surface area contributed by atoms with E-state index in [0.717, 1.165) is 36.4 Å². The standard InChI is InChI=1S/C24H14ClF9/c25-23(32)22(31,17-8-4-5-9-18(17)27)21(30,16-11-10-15(26)12-19(16)28)13-20(29,24(23,33)34)14-6-2-1-3-7-14/h1-12H,13H2. The summed E-state index contributed by atoms with van der Waals surface area (Å²) in [6, 6.07) is 8.57. The average molecular weight is 509 g/mol. The molecule has 1 aliphatic rings. The summed E-state index contributed by atoms with van der Waals surface area (Å²) >= 11 is 5.39. The fourth-order valence-corrected chi connectivity index (χ4v) is 4.88. The Balaban J connectivity index is 2.13. The van der Waals surface area contributed by atoms with Gasteiger partial charge in [0.05, 0.1) is 0 Å². The van der Waals surface area contributed by atoms with Crippen LogP contribution >= 0.6 is 11.6 Å². The molecule has 10 heteroatoms. The smallest absolute Gasteiger partial charge is 0.234 e. The molecule has 4 atom stereocenters. The van der Waals surface area contributed by atoms with Crippen molar-refractivity contribution in [3.8, 4) is 0 Å². The minimum atomic E-state index is -5.51. The zero-order valence-electron chi connectivity index (χ0n) is 16.9. The predicted molar refractivity (Wildman–Crippen MR) is 107 cm³/mol. The monoisotopic (exact) mass is 508 g/mol. The Morgan fingerprint density at radius 3 is 1.79 bits per heavy atom. The molecule has 1 fully saturated rings. The summed E-state index contributed by atoms with van der Waals surface area (Å²) in [7, 11) is 0. The van der Waals surface area contributed by atoms with Gasteiger partial charge in [-0.2, -0.15) is 8.78 Å². The number of hydrogen-bond acceptors (Lipinski definition) is 0. The van der Waals surface area contributed by atoms with Gasteiger partial charge in [-0.3, -0.25) is 0 Å². The van der Waals surface area contributed by atoms with Gasteiger partial charge in [-0.1, -0.05) is 60.1 Å². The Morgan fingerprint density at radius 2 is 1.21 bits per heavy atom. The molecule has 180 valence electrons. The molecule has 1 saturated carbocycles. The van der Waals surface area contributed by atoms with Crippen LogP contribution in [0, 0.1) is 17.5 Å². The topological polar surface area (TPSA) is 0 Å². The van der Waals surface area contributed by atoms with Crippen LogP contribution in [0.25, 0.3) is 0 Å². The first kappa shape index (κ1) is 24.4. The van der Waals surface area contributed by atoms with Crippen molar-refractivity contribution in [1.82, 2.24) is 0 Å². The molecule has 0 radical (unpaired) electrons. The Labute approximate surface area is 193 Å². The van der Waals surface area contributed by atoms with Gasteiger partial charge in [0.25, 0.3) is 5.13 Å². The first-order valence-corrected chi connectivity index (χ1v) is 10.2. The van der Waals surface area contributed by atoms with Crippen LogP contribution in [0.3, 0.4) is 0 Å². The molecular weight excluding hydrogens is 495 g/mol. The molecule has 0 heterocycles. The molecule has 1 aliphatic carbocycles. The van der Waals surface area contributed by atoms with E-state index >= 15 is 26.3 Å². The van der Waals surface area contributed by atoms with E-state index in [1.54, 1.807) is 0 Å². The Bertz CT molecular complexity index is 1230. The molecule has 0 aliphatic heterocycles. The van der Waals surface area contributed by atoms with E-state index in [4.69, 9.17) is 11.6 Å². The van der Waals surface area contributed by atoms with E-state index in [-0.39, 0.29) is 6.07 Å². The number of rotatable bonds is 3. The van der Waals surface area contributed by atoms with Crippen molar-refractivity contribution in [1.29, 1.82) is 0 Å². The molecule has 3 aromatic rings. The lowest BCUT2D eigenvalue weighted by Crippen LogP contribution is -2.73. The Hall–Kier alpha value is -2.68.